The van der Waals surface area contributed by atoms with Crippen LogP contribution in [0, 0.1) is 46.8 Å². The minimum absolute atomic E-state index is 0.000864. The predicted octanol–water partition coefficient (Wildman–Crippen LogP) is 3.54. The number of methoxy groups -OCH3 is 1. The first kappa shape index (κ1) is 34.9. The third-order valence-corrected chi connectivity index (χ3v) is 11.6. The van der Waals surface area contributed by atoms with Gasteiger partial charge in [0.1, 0.15) is 5.69 Å². The summed E-state index contributed by atoms with van der Waals surface area (Å²) in [5.41, 5.74) is -1.71. The van der Waals surface area contributed by atoms with Crippen molar-refractivity contribution in [3.63, 3.8) is 0 Å². The normalized spacial score (nSPS) is 28.5. The van der Waals surface area contributed by atoms with Crippen LogP contribution in [0.3, 0.4) is 0 Å². The van der Waals surface area contributed by atoms with Crippen LogP contribution in [-0.4, -0.2) is 62.8 Å². The summed E-state index contributed by atoms with van der Waals surface area (Å²) in [5.74, 6) is -22.8. The second-order valence-electron chi connectivity index (χ2n) is 12.6. The molecule has 6 unspecified atom stereocenters. The molecule has 2 aliphatic carbocycles. The van der Waals surface area contributed by atoms with E-state index < -0.39 is 105 Å². The second kappa shape index (κ2) is 11.8. The fourth-order valence-corrected chi connectivity index (χ4v) is 8.83. The topological polar surface area (TPSA) is 145 Å². The number of benzene rings is 3. The van der Waals surface area contributed by atoms with Gasteiger partial charge in [0.2, 0.25) is 17.6 Å². The molecule has 0 aromatic heterocycles. The first-order valence-corrected chi connectivity index (χ1v) is 16.0. The quantitative estimate of drug-likeness (QED) is 0.0684. The van der Waals surface area contributed by atoms with E-state index >= 15 is 8.78 Å². The zero-order valence-corrected chi connectivity index (χ0v) is 27.4. The highest BCUT2D eigenvalue weighted by Gasteiger charge is 2.77. The summed E-state index contributed by atoms with van der Waals surface area (Å²) in [4.78, 5) is 51.7. The Balaban J connectivity index is 1.43. The maximum Gasteiger partial charge on any atom is 0.488 e. The largest absolute Gasteiger partial charge is 0.504 e. The van der Waals surface area contributed by atoms with Crippen molar-refractivity contribution in [2.24, 2.45) is 17.8 Å². The molecule has 3 fully saturated rings. The highest BCUT2D eigenvalue weighted by molar-refractivity contribution is 6.59. The van der Waals surface area contributed by atoms with Crippen LogP contribution in [0.4, 0.5) is 33.3 Å². The fraction of sp³-hybridized carbons (Fsp3) is 0.273. The van der Waals surface area contributed by atoms with E-state index in [-0.39, 0.29) is 45.1 Å². The lowest BCUT2D eigenvalue weighted by Crippen LogP contribution is -2.60. The molecule has 0 spiro atoms. The number of phenolic OH excluding ortho intramolecular Hbond substituents is 1. The number of carbonyl (C=O) groups excluding carboxylic acids is 4. The Morgan fingerprint density at radius 1 is 0.843 bits per heavy atom. The first-order valence-electron chi connectivity index (χ1n) is 15.2. The number of hydrogen-bond donors (Lipinski definition) is 3. The van der Waals surface area contributed by atoms with Crippen molar-refractivity contribution in [1.82, 2.24) is 0 Å². The maximum atomic E-state index is 15.2. The Morgan fingerprint density at radius 3 is 2.12 bits per heavy atom. The van der Waals surface area contributed by atoms with Gasteiger partial charge in [-0.15, -0.1) is 23.2 Å². The number of nitrogens with zero attached hydrogens (tertiary/aromatic N) is 2. The van der Waals surface area contributed by atoms with Gasteiger partial charge in [-0.05, 0) is 54.1 Å². The molecule has 10 nitrogen and oxygen atoms in total. The van der Waals surface area contributed by atoms with Crippen LogP contribution in [0.25, 0.3) is 0 Å². The van der Waals surface area contributed by atoms with Crippen molar-refractivity contribution in [2.45, 2.75) is 28.5 Å². The number of fused-ring (bicyclic) bond motifs is 4. The molecule has 0 radical (unpaired) electrons. The number of halogens is 7. The Labute approximate surface area is 294 Å². The van der Waals surface area contributed by atoms with E-state index in [4.69, 9.17) is 27.9 Å². The number of allylic oxidation sites excluding steroid dienone is 2. The standard InChI is InChI=1S/C33H22BCl2F5N2O8/c1-51-19-9-12(5-8-18(19)44)21-15-6-7-16-20(29(46)42(28(16)45)14-4-2-3-13(10-14)34(49)50)17(15)11-32(35)30(47)43(31(48)33(21,32)36)27-25(40)23(38)22(37)24(39)26(27)41/h2-6,8-10,16-17,20-21,44,49-50H,7,11H2,1H3. The van der Waals surface area contributed by atoms with Gasteiger partial charge in [-0.2, -0.15) is 0 Å². The lowest BCUT2D eigenvalue weighted by atomic mass is 9.56. The van der Waals surface area contributed by atoms with Crippen molar-refractivity contribution in [3.8, 4) is 11.5 Å². The third kappa shape index (κ3) is 4.55. The second-order valence-corrected chi connectivity index (χ2v) is 13.8. The van der Waals surface area contributed by atoms with E-state index in [1.54, 1.807) is 0 Å². The first-order chi connectivity index (χ1) is 24.0. The van der Waals surface area contributed by atoms with Gasteiger partial charge in [0.05, 0.1) is 24.6 Å². The average Bonchev–Trinajstić information content (AvgIpc) is 3.45. The molecule has 1 saturated carbocycles. The van der Waals surface area contributed by atoms with Crippen LogP contribution >= 0.6 is 23.2 Å². The molecular formula is C33H22BCl2F5N2O8. The summed E-state index contributed by atoms with van der Waals surface area (Å²) in [6.45, 7) is 0. The molecule has 7 rings (SSSR count). The number of aromatic hydroxyl groups is 1. The minimum atomic E-state index is -2.75. The minimum Gasteiger partial charge on any atom is -0.504 e. The summed E-state index contributed by atoms with van der Waals surface area (Å²) in [5, 5.41) is 29.7. The van der Waals surface area contributed by atoms with Gasteiger partial charge in [-0.1, -0.05) is 29.8 Å². The summed E-state index contributed by atoms with van der Waals surface area (Å²) in [6.07, 6.45) is 0.685. The number of rotatable bonds is 5. The lowest BCUT2D eigenvalue weighted by Gasteiger charge is -2.50. The number of carbonyl (C=O) groups is 4. The number of imide groups is 2. The van der Waals surface area contributed by atoms with Gasteiger partial charge in [0.15, 0.2) is 44.5 Å². The van der Waals surface area contributed by atoms with E-state index in [1.165, 1.54) is 49.6 Å². The highest BCUT2D eigenvalue weighted by atomic mass is 35.5. The molecule has 6 atom stereocenters. The van der Waals surface area contributed by atoms with E-state index in [0.717, 1.165) is 11.0 Å². The molecule has 3 N–H and O–H groups in total. The molecular weight excluding hydrogens is 729 g/mol. The smallest absolute Gasteiger partial charge is 0.488 e. The van der Waals surface area contributed by atoms with Crippen LogP contribution in [0.5, 0.6) is 11.5 Å². The molecule has 4 amide bonds. The third-order valence-electron chi connectivity index (χ3n) is 10.2. The van der Waals surface area contributed by atoms with Gasteiger partial charge < -0.3 is 19.9 Å². The van der Waals surface area contributed by atoms with Crippen LogP contribution < -0.4 is 20.0 Å². The predicted molar refractivity (Wildman–Crippen MR) is 170 cm³/mol. The number of alkyl halides is 2. The summed E-state index contributed by atoms with van der Waals surface area (Å²) < 4.78 is 78.5. The van der Waals surface area contributed by atoms with Crippen molar-refractivity contribution >= 4 is 70.8 Å². The van der Waals surface area contributed by atoms with Gasteiger partial charge in [-0.3, -0.25) is 24.1 Å². The van der Waals surface area contributed by atoms with E-state index in [1.807, 2.05) is 0 Å². The Bertz CT molecular complexity index is 2110. The maximum absolute atomic E-state index is 15.2. The zero-order valence-electron chi connectivity index (χ0n) is 25.8. The monoisotopic (exact) mass is 750 g/mol. The van der Waals surface area contributed by atoms with Gasteiger partial charge in [0.25, 0.3) is 11.8 Å². The number of phenols is 1. The molecule has 3 aromatic carbocycles. The Kier molecular flexibility index (Phi) is 8.06. The molecule has 0 bridgehead atoms. The molecule has 2 saturated heterocycles. The Hall–Kier alpha value is -4.51. The van der Waals surface area contributed by atoms with Crippen molar-refractivity contribution < 1.29 is 61.0 Å². The van der Waals surface area contributed by atoms with Crippen molar-refractivity contribution in [1.29, 1.82) is 0 Å². The van der Waals surface area contributed by atoms with Crippen LogP contribution in [0.15, 0.2) is 54.1 Å². The van der Waals surface area contributed by atoms with E-state index in [0.29, 0.717) is 0 Å². The number of anilines is 2. The number of ether oxygens (including phenoxy) is 1. The molecule has 4 aliphatic rings. The van der Waals surface area contributed by atoms with Crippen LogP contribution in [-0.2, 0) is 19.2 Å². The van der Waals surface area contributed by atoms with E-state index in [2.05, 4.69) is 0 Å². The zero-order chi connectivity index (χ0) is 37.1. The Morgan fingerprint density at radius 2 is 1.49 bits per heavy atom. The van der Waals surface area contributed by atoms with Gasteiger partial charge in [0, 0.05) is 5.92 Å². The number of hydrogen-bond acceptors (Lipinski definition) is 8. The summed E-state index contributed by atoms with van der Waals surface area (Å²) >= 11 is 14.2. The molecule has 264 valence electrons. The lowest BCUT2D eigenvalue weighted by molar-refractivity contribution is -0.125. The number of amides is 4. The fourth-order valence-electron chi connectivity index (χ4n) is 7.89. The van der Waals surface area contributed by atoms with Gasteiger partial charge >= 0.3 is 7.12 Å². The average molecular weight is 751 g/mol. The van der Waals surface area contributed by atoms with Crippen molar-refractivity contribution in [2.75, 3.05) is 16.9 Å². The molecule has 51 heavy (non-hydrogen) atoms. The summed E-state index contributed by atoms with van der Waals surface area (Å²) in [7, 11) is -0.735. The van der Waals surface area contributed by atoms with E-state index in [9.17, 15) is 47.5 Å². The molecule has 18 heteroatoms. The highest BCUT2D eigenvalue weighted by Crippen LogP contribution is 2.66. The summed E-state index contributed by atoms with van der Waals surface area (Å²) in [6, 6.07) is 8.99. The van der Waals surface area contributed by atoms with Crippen LogP contribution in [0.2, 0.25) is 0 Å². The molecule has 2 aliphatic heterocycles. The molecule has 3 aromatic rings. The molecule has 2 heterocycles. The SMILES string of the molecule is COc1cc(C2C3=CCC4C(=O)N(c5cccc(B(O)O)c5)C(=O)C4C3CC3(Cl)C(=O)N(c4c(F)c(F)c(F)c(F)c4F)C(=O)C23Cl)ccc1O. The van der Waals surface area contributed by atoms with Gasteiger partial charge in [-0.25, -0.2) is 26.9 Å². The van der Waals surface area contributed by atoms with Crippen LogP contribution in [0.1, 0.15) is 24.3 Å². The van der Waals surface area contributed by atoms with Crippen molar-refractivity contribution in [3.05, 3.63) is 88.8 Å².